The smallest absolute Gasteiger partial charge is 0.245 e. The molecule has 1 aromatic heterocycles. The van der Waals surface area contributed by atoms with E-state index in [0.717, 1.165) is 5.56 Å². The normalized spacial score (nSPS) is 10.6. The highest BCUT2D eigenvalue weighted by Crippen LogP contribution is 2.16. The summed E-state index contributed by atoms with van der Waals surface area (Å²) in [4.78, 5) is 6.08. The standard InChI is InChI=1S/C12H16N4O2/c17-8-6-16(7-9-18)12-13-11(14-15-12)10-4-2-1-3-5-10/h1-5,17-18H,6-9H2,(H,13,14,15). The van der Waals surface area contributed by atoms with E-state index in [0.29, 0.717) is 24.9 Å². The number of aromatic amines is 1. The lowest BCUT2D eigenvalue weighted by molar-refractivity contribution is 0.280. The van der Waals surface area contributed by atoms with E-state index in [1.54, 1.807) is 4.90 Å². The molecule has 0 fully saturated rings. The Balaban J connectivity index is 2.18. The van der Waals surface area contributed by atoms with E-state index in [4.69, 9.17) is 10.2 Å². The largest absolute Gasteiger partial charge is 0.395 e. The van der Waals surface area contributed by atoms with Gasteiger partial charge in [0.25, 0.3) is 0 Å². The predicted octanol–water partition coefficient (Wildman–Crippen LogP) is 0.263. The Morgan fingerprint density at radius 2 is 1.72 bits per heavy atom. The molecular weight excluding hydrogens is 232 g/mol. The van der Waals surface area contributed by atoms with E-state index in [9.17, 15) is 0 Å². The molecule has 0 aliphatic rings. The zero-order valence-electron chi connectivity index (χ0n) is 9.95. The first-order valence-electron chi connectivity index (χ1n) is 5.79. The van der Waals surface area contributed by atoms with E-state index in [1.807, 2.05) is 30.3 Å². The number of hydrogen-bond donors (Lipinski definition) is 3. The molecule has 0 bridgehead atoms. The molecule has 0 amide bonds. The van der Waals surface area contributed by atoms with E-state index >= 15 is 0 Å². The summed E-state index contributed by atoms with van der Waals surface area (Å²) in [7, 11) is 0. The molecule has 0 saturated carbocycles. The summed E-state index contributed by atoms with van der Waals surface area (Å²) in [6, 6.07) is 9.66. The third-order valence-corrected chi connectivity index (χ3v) is 2.54. The first-order chi connectivity index (χ1) is 8.85. The molecule has 2 rings (SSSR count). The van der Waals surface area contributed by atoms with E-state index in [2.05, 4.69) is 15.2 Å². The van der Waals surface area contributed by atoms with Crippen LogP contribution in [0.1, 0.15) is 0 Å². The molecule has 1 heterocycles. The molecular formula is C12H16N4O2. The van der Waals surface area contributed by atoms with Crippen molar-refractivity contribution < 1.29 is 10.2 Å². The zero-order valence-corrected chi connectivity index (χ0v) is 9.95. The molecule has 6 heteroatoms. The quantitative estimate of drug-likeness (QED) is 0.683. The number of nitrogens with one attached hydrogen (secondary N) is 1. The number of hydrogen-bond acceptors (Lipinski definition) is 5. The van der Waals surface area contributed by atoms with Crippen LogP contribution in [0.4, 0.5) is 5.95 Å². The van der Waals surface area contributed by atoms with Gasteiger partial charge < -0.3 is 15.1 Å². The highest BCUT2D eigenvalue weighted by atomic mass is 16.3. The lowest BCUT2D eigenvalue weighted by atomic mass is 10.2. The summed E-state index contributed by atoms with van der Waals surface area (Å²) >= 11 is 0. The van der Waals surface area contributed by atoms with E-state index in [1.165, 1.54) is 0 Å². The van der Waals surface area contributed by atoms with Crippen molar-refractivity contribution in [3.05, 3.63) is 30.3 Å². The average Bonchev–Trinajstić information content (AvgIpc) is 2.89. The number of H-pyrrole nitrogens is 1. The summed E-state index contributed by atoms with van der Waals surface area (Å²) in [5, 5.41) is 24.9. The minimum Gasteiger partial charge on any atom is -0.395 e. The van der Waals surface area contributed by atoms with Crippen LogP contribution in [0, 0.1) is 0 Å². The molecule has 0 atom stereocenters. The number of anilines is 1. The summed E-state index contributed by atoms with van der Waals surface area (Å²) < 4.78 is 0. The fourth-order valence-corrected chi connectivity index (χ4v) is 1.67. The maximum Gasteiger partial charge on any atom is 0.245 e. The van der Waals surface area contributed by atoms with Crippen LogP contribution in [0.15, 0.2) is 30.3 Å². The van der Waals surface area contributed by atoms with Crippen molar-refractivity contribution in [2.45, 2.75) is 0 Å². The van der Waals surface area contributed by atoms with Gasteiger partial charge in [-0.25, -0.2) is 0 Å². The third-order valence-electron chi connectivity index (χ3n) is 2.54. The molecule has 3 N–H and O–H groups in total. The van der Waals surface area contributed by atoms with E-state index < -0.39 is 0 Å². The fourth-order valence-electron chi connectivity index (χ4n) is 1.67. The van der Waals surface area contributed by atoms with Crippen LogP contribution < -0.4 is 4.90 Å². The van der Waals surface area contributed by atoms with Crippen molar-refractivity contribution in [2.24, 2.45) is 0 Å². The van der Waals surface area contributed by atoms with Gasteiger partial charge in [-0.3, -0.25) is 5.10 Å². The first kappa shape index (κ1) is 12.5. The highest BCUT2D eigenvalue weighted by molar-refractivity contribution is 5.55. The van der Waals surface area contributed by atoms with Crippen molar-refractivity contribution in [1.29, 1.82) is 0 Å². The van der Waals surface area contributed by atoms with E-state index in [-0.39, 0.29) is 13.2 Å². The molecule has 0 saturated heterocycles. The molecule has 6 nitrogen and oxygen atoms in total. The van der Waals surface area contributed by atoms with Crippen molar-refractivity contribution in [1.82, 2.24) is 15.2 Å². The summed E-state index contributed by atoms with van der Waals surface area (Å²) in [6.45, 7) is 0.781. The Morgan fingerprint density at radius 1 is 1.06 bits per heavy atom. The van der Waals surface area contributed by atoms with Gasteiger partial charge in [0.2, 0.25) is 5.95 Å². The molecule has 2 aromatic rings. The lowest BCUT2D eigenvalue weighted by Crippen LogP contribution is -2.30. The molecule has 0 radical (unpaired) electrons. The molecule has 96 valence electrons. The summed E-state index contributed by atoms with van der Waals surface area (Å²) in [5.41, 5.74) is 0.948. The number of benzene rings is 1. The Morgan fingerprint density at radius 3 is 2.33 bits per heavy atom. The van der Waals surface area contributed by atoms with Crippen LogP contribution in [-0.2, 0) is 0 Å². The van der Waals surface area contributed by atoms with Gasteiger partial charge in [0.1, 0.15) is 0 Å². The second-order valence-corrected chi connectivity index (χ2v) is 3.78. The number of aromatic nitrogens is 3. The van der Waals surface area contributed by atoms with Crippen LogP contribution in [0.5, 0.6) is 0 Å². The van der Waals surface area contributed by atoms with Crippen LogP contribution in [0.25, 0.3) is 11.4 Å². The van der Waals surface area contributed by atoms with Gasteiger partial charge in [-0.2, -0.15) is 4.98 Å². The molecule has 0 spiro atoms. The second-order valence-electron chi connectivity index (χ2n) is 3.78. The average molecular weight is 248 g/mol. The number of aliphatic hydroxyl groups excluding tert-OH is 2. The molecule has 1 aromatic carbocycles. The number of aliphatic hydroxyl groups is 2. The predicted molar refractivity (Wildman–Crippen MR) is 68.2 cm³/mol. The van der Waals surface area contributed by atoms with Crippen LogP contribution in [0.2, 0.25) is 0 Å². The van der Waals surface area contributed by atoms with Crippen molar-refractivity contribution >= 4 is 5.95 Å². The third kappa shape index (κ3) is 2.85. The van der Waals surface area contributed by atoms with Gasteiger partial charge in [-0.15, -0.1) is 5.10 Å². The van der Waals surface area contributed by atoms with Crippen molar-refractivity contribution in [3.63, 3.8) is 0 Å². The Kier molecular flexibility index (Phi) is 4.27. The molecule has 18 heavy (non-hydrogen) atoms. The van der Waals surface area contributed by atoms with Gasteiger partial charge in [0.15, 0.2) is 5.82 Å². The summed E-state index contributed by atoms with van der Waals surface area (Å²) in [6.07, 6.45) is 0. The SMILES string of the molecule is OCCN(CCO)c1n[nH]c(-c2ccccc2)n1. The van der Waals surface area contributed by atoms with Gasteiger partial charge in [0, 0.05) is 18.7 Å². The highest BCUT2D eigenvalue weighted by Gasteiger charge is 2.12. The Labute approximate surface area is 105 Å². The van der Waals surface area contributed by atoms with Crippen LogP contribution >= 0.6 is 0 Å². The number of rotatable bonds is 6. The van der Waals surface area contributed by atoms with Gasteiger partial charge in [0.05, 0.1) is 13.2 Å². The lowest BCUT2D eigenvalue weighted by Gasteiger charge is -2.17. The molecule has 0 unspecified atom stereocenters. The van der Waals surface area contributed by atoms with Crippen LogP contribution in [0.3, 0.4) is 0 Å². The summed E-state index contributed by atoms with van der Waals surface area (Å²) in [5.74, 6) is 1.16. The van der Waals surface area contributed by atoms with Gasteiger partial charge in [-0.1, -0.05) is 30.3 Å². The van der Waals surface area contributed by atoms with Crippen LogP contribution in [-0.4, -0.2) is 51.7 Å². The maximum atomic E-state index is 8.96. The zero-order chi connectivity index (χ0) is 12.8. The topological polar surface area (TPSA) is 85.3 Å². The molecule has 0 aliphatic heterocycles. The minimum atomic E-state index is -0.00475. The fraction of sp³-hybridized carbons (Fsp3) is 0.333. The Hall–Kier alpha value is -1.92. The minimum absolute atomic E-state index is 0.00475. The van der Waals surface area contributed by atoms with Gasteiger partial charge >= 0.3 is 0 Å². The second kappa shape index (κ2) is 6.13. The monoisotopic (exact) mass is 248 g/mol. The first-order valence-corrected chi connectivity index (χ1v) is 5.79. The van der Waals surface area contributed by atoms with Crippen molar-refractivity contribution in [2.75, 3.05) is 31.2 Å². The maximum absolute atomic E-state index is 8.96. The van der Waals surface area contributed by atoms with Gasteiger partial charge in [-0.05, 0) is 0 Å². The molecule has 0 aliphatic carbocycles. The number of nitrogens with zero attached hydrogens (tertiary/aromatic N) is 3. The Bertz CT molecular complexity index is 466. The van der Waals surface area contributed by atoms with Crippen molar-refractivity contribution in [3.8, 4) is 11.4 Å².